The summed E-state index contributed by atoms with van der Waals surface area (Å²) >= 11 is 0. The van der Waals surface area contributed by atoms with Gasteiger partial charge in [0.25, 0.3) is 0 Å². The maximum Gasteiger partial charge on any atom is 0.472 e. The van der Waals surface area contributed by atoms with E-state index in [0.717, 1.165) is 18.4 Å². The third-order valence-corrected chi connectivity index (χ3v) is 7.86. The molecule has 2 atom stereocenters. The van der Waals surface area contributed by atoms with E-state index in [1.165, 1.54) is 77.0 Å². The Morgan fingerprint density at radius 3 is 1.90 bits per heavy atom. The molecule has 0 saturated carbocycles. The number of rotatable bonds is 27. The summed E-state index contributed by atoms with van der Waals surface area (Å²) < 4.78 is 29.8. The van der Waals surface area contributed by atoms with Crippen LogP contribution in [0.15, 0.2) is 30.3 Å². The van der Waals surface area contributed by atoms with Gasteiger partial charge in [0.15, 0.2) is 0 Å². The van der Waals surface area contributed by atoms with Crippen LogP contribution in [0, 0.1) is 0 Å². The van der Waals surface area contributed by atoms with Gasteiger partial charge in [0, 0.05) is 19.7 Å². The number of phosphoric acid groups is 1. The van der Waals surface area contributed by atoms with Crippen molar-refractivity contribution >= 4 is 7.82 Å². The maximum absolute atomic E-state index is 12.5. The molecule has 0 amide bonds. The first-order chi connectivity index (χ1) is 18.7. The fourth-order valence-corrected chi connectivity index (χ4v) is 5.25. The van der Waals surface area contributed by atoms with E-state index in [0.29, 0.717) is 30.7 Å². The third kappa shape index (κ3) is 23.6. The highest BCUT2D eigenvalue weighted by atomic mass is 31.2. The number of nitrogens with one attached hydrogen (secondary N) is 1. The Morgan fingerprint density at radius 2 is 1.36 bits per heavy atom. The fourth-order valence-electron chi connectivity index (χ4n) is 4.36. The third-order valence-electron chi connectivity index (χ3n) is 6.79. The van der Waals surface area contributed by atoms with E-state index >= 15 is 0 Å². The predicted molar refractivity (Wildman–Crippen MR) is 163 cm³/mol. The maximum atomic E-state index is 12.5. The Hall–Kier alpha value is -0.790. The summed E-state index contributed by atoms with van der Waals surface area (Å²) in [5.74, 6) is 0. The highest BCUT2D eigenvalue weighted by Gasteiger charge is 2.27. The second-order valence-electron chi connectivity index (χ2n) is 11.8. The Morgan fingerprint density at radius 1 is 0.821 bits per heavy atom. The standard InChI is InChI=1S/C31H59N2O5P/c1-5-6-7-8-9-10-11-12-13-14-15-16-17-21-25-36-29-31(28-32-27-30-22-19-18-20-23-30)38-39(34,35)37-26-24-33(2,3)4/h18-20,22-23,31-32H,5-17,21,24-29H2,1-4H3/p+1. The van der Waals surface area contributed by atoms with Crippen molar-refractivity contribution in [1.29, 1.82) is 0 Å². The number of benzene rings is 1. The van der Waals surface area contributed by atoms with Gasteiger partial charge in [0.1, 0.15) is 19.3 Å². The first-order valence-electron chi connectivity index (χ1n) is 15.5. The molecule has 0 spiro atoms. The van der Waals surface area contributed by atoms with Crippen molar-refractivity contribution in [1.82, 2.24) is 5.32 Å². The normalized spacial score (nSPS) is 14.4. The summed E-state index contributed by atoms with van der Waals surface area (Å²) in [5, 5.41) is 3.31. The summed E-state index contributed by atoms with van der Waals surface area (Å²) in [6, 6.07) is 10.1. The van der Waals surface area contributed by atoms with Gasteiger partial charge in [-0.15, -0.1) is 0 Å². The van der Waals surface area contributed by atoms with Crippen molar-refractivity contribution in [3.63, 3.8) is 0 Å². The lowest BCUT2D eigenvalue weighted by Gasteiger charge is -2.25. The zero-order valence-electron chi connectivity index (χ0n) is 25.6. The SMILES string of the molecule is CCCCCCCCCCCCCCCCOCC(CNCc1ccccc1)OP(=O)(O)OCC[N+](C)(C)C. The second-order valence-corrected chi connectivity index (χ2v) is 13.2. The average molecular weight is 572 g/mol. The lowest BCUT2D eigenvalue weighted by atomic mass is 10.0. The molecular formula is C31H60N2O5P+. The number of nitrogens with zero attached hydrogens (tertiary/aromatic N) is 1. The first kappa shape index (κ1) is 36.2. The van der Waals surface area contributed by atoms with Crippen LogP contribution in [0.3, 0.4) is 0 Å². The highest BCUT2D eigenvalue weighted by Crippen LogP contribution is 2.44. The van der Waals surface area contributed by atoms with Crippen LogP contribution >= 0.6 is 7.82 Å². The van der Waals surface area contributed by atoms with E-state index in [-0.39, 0.29) is 13.2 Å². The van der Waals surface area contributed by atoms with Crippen LogP contribution in [-0.2, 0) is 24.9 Å². The first-order valence-corrected chi connectivity index (χ1v) is 17.0. The second kappa shape index (κ2) is 22.8. The minimum atomic E-state index is -4.17. The van der Waals surface area contributed by atoms with Crippen molar-refractivity contribution in [2.24, 2.45) is 0 Å². The molecule has 0 aromatic heterocycles. The molecule has 0 radical (unpaired) electrons. The minimum Gasteiger partial charge on any atom is -0.379 e. The van der Waals surface area contributed by atoms with Crippen molar-refractivity contribution in [2.75, 3.05) is 54.1 Å². The quantitative estimate of drug-likeness (QED) is 0.0648. The molecule has 0 aliphatic heterocycles. The lowest BCUT2D eigenvalue weighted by molar-refractivity contribution is -0.870. The molecule has 0 saturated heterocycles. The topological polar surface area (TPSA) is 77.0 Å². The van der Waals surface area contributed by atoms with Gasteiger partial charge in [-0.2, -0.15) is 0 Å². The molecule has 0 aliphatic rings. The molecule has 1 rings (SSSR count). The molecule has 1 aromatic rings. The number of phosphoric ester groups is 1. The summed E-state index contributed by atoms with van der Waals surface area (Å²) in [4.78, 5) is 10.3. The molecule has 7 nitrogen and oxygen atoms in total. The van der Waals surface area contributed by atoms with Crippen LogP contribution in [0.1, 0.15) is 102 Å². The average Bonchev–Trinajstić information content (AvgIpc) is 2.87. The molecule has 0 fully saturated rings. The number of ether oxygens (including phenoxy) is 1. The monoisotopic (exact) mass is 571 g/mol. The molecule has 0 heterocycles. The van der Waals surface area contributed by atoms with Crippen molar-refractivity contribution in [3.05, 3.63) is 35.9 Å². The number of hydrogen-bond acceptors (Lipinski definition) is 5. The number of hydrogen-bond donors (Lipinski definition) is 2. The molecule has 8 heteroatoms. The number of unbranched alkanes of at least 4 members (excludes halogenated alkanes) is 13. The van der Waals surface area contributed by atoms with Crippen LogP contribution in [0.4, 0.5) is 0 Å². The summed E-state index contributed by atoms with van der Waals surface area (Å²) in [6.07, 6.45) is 17.9. The van der Waals surface area contributed by atoms with E-state index in [2.05, 4.69) is 12.2 Å². The van der Waals surface area contributed by atoms with Crippen LogP contribution in [0.2, 0.25) is 0 Å². The van der Waals surface area contributed by atoms with Crippen LogP contribution < -0.4 is 5.32 Å². The van der Waals surface area contributed by atoms with Crippen LogP contribution in [0.25, 0.3) is 0 Å². The van der Waals surface area contributed by atoms with Gasteiger partial charge in [-0.05, 0) is 12.0 Å². The Balaban J connectivity index is 2.20. The Kier molecular flexibility index (Phi) is 21.2. The van der Waals surface area contributed by atoms with Gasteiger partial charge < -0.3 is 19.4 Å². The fraction of sp³-hybridized carbons (Fsp3) is 0.806. The van der Waals surface area contributed by atoms with Gasteiger partial charge in [-0.1, -0.05) is 121 Å². The Bertz CT molecular complexity index is 729. The summed E-state index contributed by atoms with van der Waals surface area (Å²) in [7, 11) is 1.86. The molecule has 39 heavy (non-hydrogen) atoms. The zero-order valence-corrected chi connectivity index (χ0v) is 26.5. The van der Waals surface area contributed by atoms with Gasteiger partial charge in [0.2, 0.25) is 0 Å². The Labute approximate surface area is 240 Å². The molecule has 0 aliphatic carbocycles. The molecule has 1 aromatic carbocycles. The molecular weight excluding hydrogens is 511 g/mol. The van der Waals surface area contributed by atoms with E-state index in [9.17, 15) is 9.46 Å². The predicted octanol–water partition coefficient (Wildman–Crippen LogP) is 7.48. The van der Waals surface area contributed by atoms with Crippen LogP contribution in [-0.4, -0.2) is 69.5 Å². The van der Waals surface area contributed by atoms with Gasteiger partial charge in [-0.25, -0.2) is 4.57 Å². The van der Waals surface area contributed by atoms with Crippen LogP contribution in [0.5, 0.6) is 0 Å². The minimum absolute atomic E-state index is 0.154. The van der Waals surface area contributed by atoms with Crippen molar-refractivity contribution in [2.45, 2.75) is 109 Å². The number of quaternary nitrogens is 1. The molecule has 2 N–H and O–H groups in total. The lowest BCUT2D eigenvalue weighted by Crippen LogP contribution is -2.37. The van der Waals surface area contributed by atoms with Gasteiger partial charge >= 0.3 is 7.82 Å². The molecule has 228 valence electrons. The van der Waals surface area contributed by atoms with E-state index in [4.69, 9.17) is 13.8 Å². The van der Waals surface area contributed by atoms with E-state index < -0.39 is 13.9 Å². The summed E-state index contributed by atoms with van der Waals surface area (Å²) in [6.45, 7) is 4.97. The summed E-state index contributed by atoms with van der Waals surface area (Å²) in [5.41, 5.74) is 1.14. The molecule has 2 unspecified atom stereocenters. The van der Waals surface area contributed by atoms with Crippen molar-refractivity contribution < 1.29 is 27.7 Å². The highest BCUT2D eigenvalue weighted by molar-refractivity contribution is 7.47. The van der Waals surface area contributed by atoms with E-state index in [1.807, 2.05) is 51.5 Å². The zero-order chi connectivity index (χ0) is 28.7. The van der Waals surface area contributed by atoms with Gasteiger partial charge in [0.05, 0.1) is 27.7 Å². The van der Waals surface area contributed by atoms with Gasteiger partial charge in [-0.3, -0.25) is 9.05 Å². The van der Waals surface area contributed by atoms with Crippen molar-refractivity contribution in [3.8, 4) is 0 Å². The largest absolute Gasteiger partial charge is 0.472 e. The van der Waals surface area contributed by atoms with E-state index in [1.54, 1.807) is 0 Å². The number of likely N-dealkylation sites (N-methyl/N-ethyl adjacent to an activating group) is 1. The molecule has 0 bridgehead atoms. The smallest absolute Gasteiger partial charge is 0.379 e.